The van der Waals surface area contributed by atoms with Crippen molar-refractivity contribution in [3.63, 3.8) is 0 Å². The highest BCUT2D eigenvalue weighted by molar-refractivity contribution is 9.10. The Morgan fingerprint density at radius 1 is 1.35 bits per heavy atom. The van der Waals surface area contributed by atoms with Crippen molar-refractivity contribution in [3.05, 3.63) is 28.2 Å². The molecule has 1 aromatic rings. The molecule has 1 aliphatic heterocycles. The second kappa shape index (κ2) is 6.24. The number of rotatable bonds is 4. The molecule has 0 saturated carbocycles. The standard InChI is InChI=1S/C15H20BrNO3/c1-15(2,17-6-8-20-9-7-17)14(18)12-10-11(16)4-5-13(12)19-3/h4-5,10H,6-9H2,1-3H3. The van der Waals surface area contributed by atoms with E-state index < -0.39 is 5.54 Å². The predicted molar refractivity (Wildman–Crippen MR) is 81.5 cm³/mol. The van der Waals surface area contributed by atoms with Crippen LogP contribution in [0.3, 0.4) is 0 Å². The maximum atomic E-state index is 12.9. The number of Topliss-reactive ketones (excluding diaryl/α,β-unsaturated/α-hetero) is 1. The van der Waals surface area contributed by atoms with Crippen molar-refractivity contribution in [2.45, 2.75) is 19.4 Å². The number of ether oxygens (including phenoxy) is 2. The summed E-state index contributed by atoms with van der Waals surface area (Å²) in [6, 6.07) is 5.51. The van der Waals surface area contributed by atoms with Crippen LogP contribution in [0.5, 0.6) is 5.75 Å². The molecule has 0 N–H and O–H groups in total. The van der Waals surface area contributed by atoms with E-state index in [2.05, 4.69) is 20.8 Å². The minimum Gasteiger partial charge on any atom is -0.496 e. The Morgan fingerprint density at radius 3 is 2.60 bits per heavy atom. The normalized spacial score (nSPS) is 17.0. The molecule has 5 heteroatoms. The number of hydrogen-bond acceptors (Lipinski definition) is 4. The average molecular weight is 342 g/mol. The Labute approximate surface area is 128 Å². The van der Waals surface area contributed by atoms with E-state index in [1.54, 1.807) is 7.11 Å². The van der Waals surface area contributed by atoms with E-state index in [1.807, 2.05) is 32.0 Å². The van der Waals surface area contributed by atoms with Gasteiger partial charge in [0.05, 0.1) is 31.4 Å². The molecule has 0 amide bonds. The van der Waals surface area contributed by atoms with Crippen molar-refractivity contribution >= 4 is 21.7 Å². The largest absolute Gasteiger partial charge is 0.496 e. The molecule has 0 radical (unpaired) electrons. The molecule has 1 fully saturated rings. The first-order chi connectivity index (χ1) is 9.46. The molecule has 0 bridgehead atoms. The summed E-state index contributed by atoms with van der Waals surface area (Å²) in [5, 5.41) is 0. The minimum absolute atomic E-state index is 0.0672. The van der Waals surface area contributed by atoms with Gasteiger partial charge in [0, 0.05) is 17.6 Å². The lowest BCUT2D eigenvalue weighted by Crippen LogP contribution is -2.54. The zero-order chi connectivity index (χ0) is 14.8. The highest BCUT2D eigenvalue weighted by Gasteiger charge is 2.37. The van der Waals surface area contributed by atoms with Gasteiger partial charge < -0.3 is 9.47 Å². The summed E-state index contributed by atoms with van der Waals surface area (Å²) in [6.45, 7) is 6.81. The van der Waals surface area contributed by atoms with Crippen LogP contribution in [-0.4, -0.2) is 49.6 Å². The molecule has 0 atom stereocenters. The number of halogens is 1. The minimum atomic E-state index is -0.572. The van der Waals surface area contributed by atoms with Crippen molar-refractivity contribution in [2.24, 2.45) is 0 Å². The number of benzene rings is 1. The number of nitrogens with zero attached hydrogens (tertiary/aromatic N) is 1. The summed E-state index contributed by atoms with van der Waals surface area (Å²) in [5.74, 6) is 0.678. The fraction of sp³-hybridized carbons (Fsp3) is 0.533. The fourth-order valence-electron chi connectivity index (χ4n) is 2.45. The van der Waals surface area contributed by atoms with Crippen molar-refractivity contribution in [1.82, 2.24) is 4.90 Å². The highest BCUT2D eigenvalue weighted by Crippen LogP contribution is 2.29. The van der Waals surface area contributed by atoms with Gasteiger partial charge in [-0.25, -0.2) is 0 Å². The lowest BCUT2D eigenvalue weighted by molar-refractivity contribution is -0.00438. The highest BCUT2D eigenvalue weighted by atomic mass is 79.9. The Balaban J connectivity index is 2.31. The molecule has 4 nitrogen and oxygen atoms in total. The summed E-state index contributed by atoms with van der Waals surface area (Å²) < 4.78 is 11.6. The third kappa shape index (κ3) is 3.05. The quantitative estimate of drug-likeness (QED) is 0.789. The molecule has 0 spiro atoms. The van der Waals surface area contributed by atoms with Crippen LogP contribution in [-0.2, 0) is 4.74 Å². The lowest BCUT2D eigenvalue weighted by Gasteiger charge is -2.39. The number of ketones is 1. The summed E-state index contributed by atoms with van der Waals surface area (Å²) in [7, 11) is 1.59. The lowest BCUT2D eigenvalue weighted by atomic mass is 9.90. The second-order valence-corrected chi connectivity index (χ2v) is 6.25. The van der Waals surface area contributed by atoms with Crippen molar-refractivity contribution in [2.75, 3.05) is 33.4 Å². The molecule has 20 heavy (non-hydrogen) atoms. The molecule has 0 aliphatic carbocycles. The van der Waals surface area contributed by atoms with Crippen LogP contribution >= 0.6 is 15.9 Å². The maximum Gasteiger partial charge on any atom is 0.186 e. The number of hydrogen-bond donors (Lipinski definition) is 0. The maximum absolute atomic E-state index is 12.9. The van der Waals surface area contributed by atoms with Crippen LogP contribution in [0, 0.1) is 0 Å². The molecule has 1 heterocycles. The number of carbonyl (C=O) groups is 1. The van der Waals surface area contributed by atoms with Gasteiger partial charge in [0.2, 0.25) is 0 Å². The molecular weight excluding hydrogens is 322 g/mol. The van der Waals surface area contributed by atoms with Crippen molar-refractivity contribution < 1.29 is 14.3 Å². The first kappa shape index (κ1) is 15.5. The van der Waals surface area contributed by atoms with Gasteiger partial charge in [0.15, 0.2) is 5.78 Å². The van der Waals surface area contributed by atoms with Crippen LogP contribution in [0.1, 0.15) is 24.2 Å². The topological polar surface area (TPSA) is 38.8 Å². The third-order valence-corrected chi connectivity index (χ3v) is 4.26. The molecule has 110 valence electrons. The molecule has 1 aromatic carbocycles. The summed E-state index contributed by atoms with van der Waals surface area (Å²) in [6.07, 6.45) is 0. The Hall–Kier alpha value is -0.910. The Morgan fingerprint density at radius 2 is 2.00 bits per heavy atom. The van der Waals surface area contributed by atoms with Crippen LogP contribution in [0.2, 0.25) is 0 Å². The van der Waals surface area contributed by atoms with Crippen molar-refractivity contribution in [1.29, 1.82) is 0 Å². The van der Waals surface area contributed by atoms with Gasteiger partial charge in [0.25, 0.3) is 0 Å². The molecule has 0 unspecified atom stereocenters. The SMILES string of the molecule is COc1ccc(Br)cc1C(=O)C(C)(C)N1CCOCC1. The van der Waals surface area contributed by atoms with Gasteiger partial charge in [-0.3, -0.25) is 9.69 Å². The van der Waals surface area contributed by atoms with Crippen LogP contribution < -0.4 is 4.74 Å². The zero-order valence-corrected chi connectivity index (χ0v) is 13.7. The van der Waals surface area contributed by atoms with Gasteiger partial charge in [-0.15, -0.1) is 0 Å². The fourth-order valence-corrected chi connectivity index (χ4v) is 2.81. The number of morpholine rings is 1. The van der Waals surface area contributed by atoms with E-state index in [0.717, 1.165) is 17.6 Å². The van der Waals surface area contributed by atoms with E-state index in [-0.39, 0.29) is 5.78 Å². The molecule has 1 saturated heterocycles. The van der Waals surface area contributed by atoms with Gasteiger partial charge in [-0.1, -0.05) is 15.9 Å². The summed E-state index contributed by atoms with van der Waals surface area (Å²) in [5.41, 5.74) is 0.0380. The molecule has 2 rings (SSSR count). The number of methoxy groups -OCH3 is 1. The van der Waals surface area contributed by atoms with E-state index in [9.17, 15) is 4.79 Å². The van der Waals surface area contributed by atoms with Gasteiger partial charge in [0.1, 0.15) is 5.75 Å². The third-order valence-electron chi connectivity index (χ3n) is 3.76. The zero-order valence-electron chi connectivity index (χ0n) is 12.1. The summed E-state index contributed by atoms with van der Waals surface area (Å²) >= 11 is 3.42. The van der Waals surface area contributed by atoms with E-state index in [1.165, 1.54) is 0 Å². The van der Waals surface area contributed by atoms with Crippen LogP contribution in [0.25, 0.3) is 0 Å². The van der Waals surface area contributed by atoms with Gasteiger partial charge in [-0.2, -0.15) is 0 Å². The van der Waals surface area contributed by atoms with Gasteiger partial charge in [-0.05, 0) is 32.0 Å². The smallest absolute Gasteiger partial charge is 0.186 e. The van der Waals surface area contributed by atoms with E-state index in [4.69, 9.17) is 9.47 Å². The van der Waals surface area contributed by atoms with E-state index >= 15 is 0 Å². The first-order valence-corrected chi connectivity index (χ1v) is 7.47. The Kier molecular flexibility index (Phi) is 4.83. The summed E-state index contributed by atoms with van der Waals surface area (Å²) in [4.78, 5) is 15.1. The van der Waals surface area contributed by atoms with Gasteiger partial charge >= 0.3 is 0 Å². The monoisotopic (exact) mass is 341 g/mol. The average Bonchev–Trinajstić information content (AvgIpc) is 2.47. The van der Waals surface area contributed by atoms with E-state index in [0.29, 0.717) is 24.5 Å². The molecule has 1 aliphatic rings. The van der Waals surface area contributed by atoms with Crippen LogP contribution in [0.15, 0.2) is 22.7 Å². The number of carbonyl (C=O) groups excluding carboxylic acids is 1. The van der Waals surface area contributed by atoms with Crippen molar-refractivity contribution in [3.8, 4) is 5.75 Å². The molecule has 0 aromatic heterocycles. The van der Waals surface area contributed by atoms with Crippen LogP contribution in [0.4, 0.5) is 0 Å². The predicted octanol–water partition coefficient (Wildman–Crippen LogP) is 2.75. The second-order valence-electron chi connectivity index (χ2n) is 5.33. The Bertz CT molecular complexity index is 496. The molecular formula is C15H20BrNO3. The first-order valence-electron chi connectivity index (χ1n) is 6.68.